The average Bonchev–Trinajstić information content (AvgIpc) is 3.09. The first-order chi connectivity index (χ1) is 13.3. The summed E-state index contributed by atoms with van der Waals surface area (Å²) in [6.07, 6.45) is -3.17. The molecule has 2 aromatic carbocycles. The number of alkyl halides is 3. The number of halogens is 5. The molecule has 0 bridgehead atoms. The van der Waals surface area contributed by atoms with Gasteiger partial charge in [-0.3, -0.25) is 0 Å². The van der Waals surface area contributed by atoms with Crippen LogP contribution in [0.3, 0.4) is 0 Å². The number of aryl methyl sites for hydroxylation is 1. The number of nitrogens with zero attached hydrogens (tertiary/aromatic N) is 5. The third kappa shape index (κ3) is 3.41. The van der Waals surface area contributed by atoms with Gasteiger partial charge in [0, 0.05) is 12.6 Å². The Bertz CT molecular complexity index is 997. The SMILES string of the molecule is Fc1cc(F)c2c(c1)CCCN2Cc1nnnn1-c1ccc(C(F)(F)F)cc1. The van der Waals surface area contributed by atoms with Crippen LogP contribution in [-0.4, -0.2) is 26.8 Å². The summed E-state index contributed by atoms with van der Waals surface area (Å²) >= 11 is 0. The molecule has 1 aliphatic rings. The Balaban J connectivity index is 1.63. The quantitative estimate of drug-likeness (QED) is 0.631. The van der Waals surface area contributed by atoms with Gasteiger partial charge < -0.3 is 4.90 Å². The van der Waals surface area contributed by atoms with Gasteiger partial charge in [0.1, 0.15) is 11.6 Å². The fraction of sp³-hybridized carbons (Fsp3) is 0.278. The fourth-order valence-electron chi connectivity index (χ4n) is 3.36. The molecule has 146 valence electrons. The zero-order valence-electron chi connectivity index (χ0n) is 14.4. The number of anilines is 1. The molecule has 28 heavy (non-hydrogen) atoms. The summed E-state index contributed by atoms with van der Waals surface area (Å²) in [5.74, 6) is -0.965. The molecule has 0 unspecified atom stereocenters. The van der Waals surface area contributed by atoms with Crippen molar-refractivity contribution >= 4 is 5.69 Å². The Morgan fingerprint density at radius 2 is 1.79 bits per heavy atom. The zero-order chi connectivity index (χ0) is 19.9. The zero-order valence-corrected chi connectivity index (χ0v) is 14.4. The van der Waals surface area contributed by atoms with E-state index in [-0.39, 0.29) is 6.54 Å². The molecule has 10 heteroatoms. The number of rotatable bonds is 3. The van der Waals surface area contributed by atoms with Gasteiger partial charge in [0.2, 0.25) is 0 Å². The molecule has 0 fully saturated rings. The summed E-state index contributed by atoms with van der Waals surface area (Å²) in [6.45, 7) is 0.652. The number of hydrogen-bond acceptors (Lipinski definition) is 4. The summed E-state index contributed by atoms with van der Waals surface area (Å²) in [6, 6.07) is 6.56. The second-order valence-electron chi connectivity index (χ2n) is 6.47. The van der Waals surface area contributed by atoms with Crippen LogP contribution in [0.4, 0.5) is 27.6 Å². The normalized spacial score (nSPS) is 14.2. The minimum atomic E-state index is -4.44. The lowest BCUT2D eigenvalue weighted by Gasteiger charge is -2.31. The van der Waals surface area contributed by atoms with Crippen molar-refractivity contribution < 1.29 is 22.0 Å². The van der Waals surface area contributed by atoms with Gasteiger partial charge in [-0.05, 0) is 59.2 Å². The van der Waals surface area contributed by atoms with Gasteiger partial charge in [0.25, 0.3) is 0 Å². The van der Waals surface area contributed by atoms with Gasteiger partial charge in [0.05, 0.1) is 23.5 Å². The van der Waals surface area contributed by atoms with E-state index in [4.69, 9.17) is 0 Å². The molecule has 3 aromatic rings. The van der Waals surface area contributed by atoms with E-state index in [1.165, 1.54) is 22.9 Å². The van der Waals surface area contributed by atoms with E-state index >= 15 is 0 Å². The first-order valence-electron chi connectivity index (χ1n) is 8.50. The molecule has 0 aliphatic carbocycles. The molecule has 5 nitrogen and oxygen atoms in total. The smallest absolute Gasteiger partial charge is 0.361 e. The van der Waals surface area contributed by atoms with Gasteiger partial charge in [-0.15, -0.1) is 5.10 Å². The van der Waals surface area contributed by atoms with E-state index in [1.807, 2.05) is 0 Å². The van der Waals surface area contributed by atoms with Crippen molar-refractivity contribution in [2.45, 2.75) is 25.6 Å². The molecule has 0 atom stereocenters. The largest absolute Gasteiger partial charge is 0.416 e. The van der Waals surface area contributed by atoms with Crippen molar-refractivity contribution in [1.29, 1.82) is 0 Å². The van der Waals surface area contributed by atoms with Crippen molar-refractivity contribution in [3.8, 4) is 5.69 Å². The predicted octanol–water partition coefficient (Wildman–Crippen LogP) is 3.91. The van der Waals surface area contributed by atoms with E-state index in [0.29, 0.717) is 42.1 Å². The van der Waals surface area contributed by atoms with Gasteiger partial charge in [0.15, 0.2) is 5.82 Å². The second-order valence-corrected chi connectivity index (χ2v) is 6.47. The summed E-state index contributed by atoms with van der Waals surface area (Å²) in [7, 11) is 0. The standard InChI is InChI=1S/C18H14F5N5/c19-13-8-11-2-1-7-27(17(11)15(20)9-13)10-16-24-25-26-28(16)14-5-3-12(4-6-14)18(21,22)23/h3-6,8-9H,1-2,7,10H2. The van der Waals surface area contributed by atoms with Crippen molar-refractivity contribution in [2.24, 2.45) is 0 Å². The van der Waals surface area contributed by atoms with Crippen LogP contribution < -0.4 is 4.90 Å². The topological polar surface area (TPSA) is 46.8 Å². The van der Waals surface area contributed by atoms with Crippen LogP contribution in [0.2, 0.25) is 0 Å². The molecule has 0 saturated heterocycles. The van der Waals surface area contributed by atoms with Crippen molar-refractivity contribution in [3.63, 3.8) is 0 Å². The molecular formula is C18H14F5N5. The molecule has 0 spiro atoms. The van der Waals surface area contributed by atoms with Crippen LogP contribution in [0.15, 0.2) is 36.4 Å². The molecule has 0 radical (unpaired) electrons. The first kappa shape index (κ1) is 18.3. The van der Waals surface area contributed by atoms with Gasteiger partial charge in [-0.25, -0.2) is 8.78 Å². The highest BCUT2D eigenvalue weighted by Gasteiger charge is 2.30. The Hall–Kier alpha value is -3.04. The van der Waals surface area contributed by atoms with Crippen LogP contribution in [0.1, 0.15) is 23.4 Å². The lowest BCUT2D eigenvalue weighted by Crippen LogP contribution is -2.31. The number of tetrazole rings is 1. The highest BCUT2D eigenvalue weighted by Crippen LogP contribution is 2.32. The number of hydrogen-bond donors (Lipinski definition) is 0. The maximum atomic E-state index is 14.3. The third-order valence-corrected chi connectivity index (χ3v) is 4.60. The number of benzene rings is 2. The van der Waals surface area contributed by atoms with E-state index in [9.17, 15) is 22.0 Å². The molecule has 4 rings (SSSR count). The Morgan fingerprint density at radius 3 is 2.50 bits per heavy atom. The number of aromatic nitrogens is 4. The van der Waals surface area contributed by atoms with E-state index in [1.54, 1.807) is 4.90 Å². The molecule has 0 amide bonds. The lowest BCUT2D eigenvalue weighted by molar-refractivity contribution is -0.137. The monoisotopic (exact) mass is 395 g/mol. The predicted molar refractivity (Wildman–Crippen MR) is 89.9 cm³/mol. The van der Waals surface area contributed by atoms with E-state index in [2.05, 4.69) is 15.5 Å². The summed E-state index contributed by atoms with van der Waals surface area (Å²) in [5, 5.41) is 11.3. The maximum absolute atomic E-state index is 14.3. The van der Waals surface area contributed by atoms with Crippen molar-refractivity contribution in [2.75, 3.05) is 11.4 Å². The maximum Gasteiger partial charge on any atom is 0.416 e. The molecule has 1 aromatic heterocycles. The fourth-order valence-corrected chi connectivity index (χ4v) is 3.36. The van der Waals surface area contributed by atoms with Crippen molar-refractivity contribution in [1.82, 2.24) is 20.2 Å². The Kier molecular flexibility index (Phi) is 4.48. The van der Waals surface area contributed by atoms with Crippen LogP contribution in [0, 0.1) is 11.6 Å². The van der Waals surface area contributed by atoms with E-state index < -0.39 is 23.4 Å². The minimum Gasteiger partial charge on any atom is -0.361 e. The molecule has 0 saturated carbocycles. The Morgan fingerprint density at radius 1 is 1.04 bits per heavy atom. The molecule has 0 N–H and O–H groups in total. The highest BCUT2D eigenvalue weighted by atomic mass is 19.4. The second kappa shape index (κ2) is 6.84. The molecular weight excluding hydrogens is 381 g/mol. The number of fused-ring (bicyclic) bond motifs is 1. The van der Waals surface area contributed by atoms with Crippen molar-refractivity contribution in [3.05, 3.63) is 65.0 Å². The first-order valence-corrected chi connectivity index (χ1v) is 8.50. The average molecular weight is 395 g/mol. The van der Waals surface area contributed by atoms with Gasteiger partial charge in [-0.1, -0.05) is 0 Å². The van der Waals surface area contributed by atoms with Gasteiger partial charge >= 0.3 is 6.18 Å². The lowest BCUT2D eigenvalue weighted by atomic mass is 10.0. The van der Waals surface area contributed by atoms with Crippen LogP contribution >= 0.6 is 0 Å². The highest BCUT2D eigenvalue weighted by molar-refractivity contribution is 5.57. The van der Waals surface area contributed by atoms with Crippen LogP contribution in [0.5, 0.6) is 0 Å². The van der Waals surface area contributed by atoms with Crippen LogP contribution in [-0.2, 0) is 19.1 Å². The van der Waals surface area contributed by atoms with E-state index in [0.717, 1.165) is 18.2 Å². The summed E-state index contributed by atoms with van der Waals surface area (Å²) in [4.78, 5) is 1.71. The molecule has 1 aliphatic heterocycles. The minimum absolute atomic E-state index is 0.129. The van der Waals surface area contributed by atoms with Gasteiger partial charge in [-0.2, -0.15) is 17.9 Å². The Labute approximate surface area is 156 Å². The third-order valence-electron chi connectivity index (χ3n) is 4.60. The van der Waals surface area contributed by atoms with Crippen LogP contribution in [0.25, 0.3) is 5.69 Å². The summed E-state index contributed by atoms with van der Waals surface area (Å²) < 4.78 is 67.4. The molecule has 2 heterocycles. The summed E-state index contributed by atoms with van der Waals surface area (Å²) in [5.41, 5.74) is 0.441.